The van der Waals surface area contributed by atoms with E-state index >= 15 is 0 Å². The largest absolute Gasteiger partial charge is 0.305 e. The monoisotopic (exact) mass is 403 g/mol. The van der Waals surface area contributed by atoms with E-state index in [1.807, 2.05) is 35.9 Å². The summed E-state index contributed by atoms with van der Waals surface area (Å²) in [6.07, 6.45) is 1.96. The molecule has 0 fully saturated rings. The molecular weight excluding hydrogens is 382 g/mol. The van der Waals surface area contributed by atoms with E-state index < -0.39 is 4.92 Å². The number of nitro benzene ring substituents is 1. The van der Waals surface area contributed by atoms with Gasteiger partial charge in [-0.3, -0.25) is 14.9 Å². The zero-order valence-corrected chi connectivity index (χ0v) is 16.8. The van der Waals surface area contributed by atoms with Crippen molar-refractivity contribution in [1.29, 1.82) is 0 Å². The zero-order chi connectivity index (χ0) is 21.3. The molecule has 0 unspecified atom stereocenters. The SMILES string of the molecule is CCCCn1nc(NC(=O)c2ccc([N+](=O)[O-])cc2)c2cc3cccc(C)c3nc21. The topological polar surface area (TPSA) is 103 Å². The Morgan fingerprint density at radius 3 is 2.67 bits per heavy atom. The van der Waals surface area contributed by atoms with E-state index in [0.717, 1.165) is 40.3 Å². The van der Waals surface area contributed by atoms with E-state index in [9.17, 15) is 14.9 Å². The van der Waals surface area contributed by atoms with Crippen molar-refractivity contribution in [2.75, 3.05) is 5.32 Å². The fourth-order valence-corrected chi connectivity index (χ4v) is 3.40. The van der Waals surface area contributed by atoms with Gasteiger partial charge in [0.05, 0.1) is 15.8 Å². The van der Waals surface area contributed by atoms with Crippen molar-refractivity contribution in [3.8, 4) is 0 Å². The van der Waals surface area contributed by atoms with Gasteiger partial charge < -0.3 is 5.32 Å². The summed E-state index contributed by atoms with van der Waals surface area (Å²) in [5, 5.41) is 20.0. The number of fused-ring (bicyclic) bond motifs is 2. The van der Waals surface area contributed by atoms with Crippen LogP contribution in [0.25, 0.3) is 21.9 Å². The number of rotatable bonds is 6. The van der Waals surface area contributed by atoms with Crippen molar-refractivity contribution in [1.82, 2.24) is 14.8 Å². The highest BCUT2D eigenvalue weighted by Crippen LogP contribution is 2.28. The van der Waals surface area contributed by atoms with Crippen LogP contribution in [0.2, 0.25) is 0 Å². The summed E-state index contributed by atoms with van der Waals surface area (Å²) in [5.41, 5.74) is 2.97. The number of nitrogens with zero attached hydrogens (tertiary/aromatic N) is 4. The van der Waals surface area contributed by atoms with Gasteiger partial charge in [0, 0.05) is 29.6 Å². The minimum Gasteiger partial charge on any atom is -0.305 e. The number of aryl methyl sites for hydroxylation is 2. The fourth-order valence-electron chi connectivity index (χ4n) is 3.40. The van der Waals surface area contributed by atoms with Gasteiger partial charge in [-0.2, -0.15) is 5.10 Å². The van der Waals surface area contributed by atoms with Crippen molar-refractivity contribution in [2.45, 2.75) is 33.2 Å². The number of para-hydroxylation sites is 1. The van der Waals surface area contributed by atoms with Crippen LogP contribution in [-0.4, -0.2) is 25.6 Å². The van der Waals surface area contributed by atoms with Crippen LogP contribution in [0, 0.1) is 17.0 Å². The van der Waals surface area contributed by atoms with Crippen molar-refractivity contribution in [2.24, 2.45) is 0 Å². The second-order valence-corrected chi connectivity index (χ2v) is 7.19. The van der Waals surface area contributed by atoms with Gasteiger partial charge in [-0.1, -0.05) is 31.5 Å². The molecular formula is C22H21N5O3. The number of unbranched alkanes of at least 4 members (excludes halogenated alkanes) is 1. The van der Waals surface area contributed by atoms with Crippen LogP contribution in [0.3, 0.4) is 0 Å². The van der Waals surface area contributed by atoms with Gasteiger partial charge >= 0.3 is 0 Å². The van der Waals surface area contributed by atoms with Gasteiger partial charge in [0.25, 0.3) is 11.6 Å². The predicted molar refractivity (Wildman–Crippen MR) is 116 cm³/mol. The number of nitrogens with one attached hydrogen (secondary N) is 1. The van der Waals surface area contributed by atoms with Crippen molar-refractivity contribution in [3.05, 3.63) is 69.8 Å². The number of amides is 1. The smallest absolute Gasteiger partial charge is 0.269 e. The first kappa shape index (κ1) is 19.5. The van der Waals surface area contributed by atoms with E-state index in [4.69, 9.17) is 4.98 Å². The molecule has 1 amide bonds. The van der Waals surface area contributed by atoms with Gasteiger partial charge in [0.15, 0.2) is 11.5 Å². The molecule has 8 heteroatoms. The third-order valence-electron chi connectivity index (χ3n) is 5.04. The fraction of sp³-hybridized carbons (Fsp3) is 0.227. The summed E-state index contributed by atoms with van der Waals surface area (Å²) in [6, 6.07) is 13.5. The van der Waals surface area contributed by atoms with Gasteiger partial charge in [-0.15, -0.1) is 0 Å². The molecule has 8 nitrogen and oxygen atoms in total. The minimum atomic E-state index is -0.497. The molecule has 2 heterocycles. The lowest BCUT2D eigenvalue weighted by Crippen LogP contribution is -2.13. The average Bonchev–Trinajstić information content (AvgIpc) is 3.07. The van der Waals surface area contributed by atoms with Gasteiger partial charge in [-0.25, -0.2) is 9.67 Å². The molecule has 0 aliphatic carbocycles. The van der Waals surface area contributed by atoms with E-state index in [1.54, 1.807) is 0 Å². The molecule has 0 aliphatic rings. The molecule has 0 saturated carbocycles. The number of hydrogen-bond acceptors (Lipinski definition) is 5. The van der Waals surface area contributed by atoms with Gasteiger partial charge in [-0.05, 0) is 37.1 Å². The molecule has 152 valence electrons. The Kier molecular flexibility index (Phi) is 5.14. The van der Waals surface area contributed by atoms with E-state index in [0.29, 0.717) is 17.9 Å². The van der Waals surface area contributed by atoms with Crippen LogP contribution < -0.4 is 5.32 Å². The molecule has 0 spiro atoms. The molecule has 0 atom stereocenters. The Balaban J connectivity index is 1.75. The first-order valence-corrected chi connectivity index (χ1v) is 9.80. The number of pyridine rings is 1. The van der Waals surface area contributed by atoms with Crippen molar-refractivity contribution < 1.29 is 9.72 Å². The quantitative estimate of drug-likeness (QED) is 0.366. The highest BCUT2D eigenvalue weighted by atomic mass is 16.6. The summed E-state index contributed by atoms with van der Waals surface area (Å²) in [7, 11) is 0. The molecule has 30 heavy (non-hydrogen) atoms. The molecule has 0 radical (unpaired) electrons. The van der Waals surface area contributed by atoms with Crippen molar-refractivity contribution >= 4 is 39.3 Å². The second-order valence-electron chi connectivity index (χ2n) is 7.19. The Morgan fingerprint density at radius 1 is 1.20 bits per heavy atom. The lowest BCUT2D eigenvalue weighted by atomic mass is 10.1. The summed E-state index contributed by atoms with van der Waals surface area (Å²) < 4.78 is 1.83. The second kappa shape index (κ2) is 7.90. The molecule has 2 aromatic carbocycles. The number of aromatic nitrogens is 3. The third kappa shape index (κ3) is 3.59. The Labute approximate surface area is 172 Å². The van der Waals surface area contributed by atoms with Crippen LogP contribution in [0.15, 0.2) is 48.5 Å². The number of hydrogen-bond donors (Lipinski definition) is 1. The number of benzene rings is 2. The maximum Gasteiger partial charge on any atom is 0.269 e. The van der Waals surface area contributed by atoms with Gasteiger partial charge in [0.1, 0.15) is 0 Å². The summed E-state index contributed by atoms with van der Waals surface area (Å²) >= 11 is 0. The van der Waals surface area contributed by atoms with E-state index in [-0.39, 0.29) is 11.6 Å². The van der Waals surface area contributed by atoms with Crippen LogP contribution in [-0.2, 0) is 6.54 Å². The molecule has 0 bridgehead atoms. The molecule has 0 aliphatic heterocycles. The maximum atomic E-state index is 12.7. The number of nitro groups is 1. The van der Waals surface area contributed by atoms with Gasteiger partial charge in [0.2, 0.25) is 0 Å². The highest BCUT2D eigenvalue weighted by molar-refractivity contribution is 6.09. The normalized spacial score (nSPS) is 11.1. The average molecular weight is 403 g/mol. The van der Waals surface area contributed by atoms with Crippen LogP contribution in [0.1, 0.15) is 35.7 Å². The summed E-state index contributed by atoms with van der Waals surface area (Å²) in [6.45, 7) is 4.83. The zero-order valence-electron chi connectivity index (χ0n) is 16.8. The number of carbonyl (C=O) groups is 1. The Morgan fingerprint density at radius 2 is 1.97 bits per heavy atom. The number of non-ortho nitro benzene ring substituents is 1. The standard InChI is InChI=1S/C22H21N5O3/c1-3-4-12-26-21-18(13-16-7-5-6-14(2)19(16)23-21)20(25-26)24-22(28)15-8-10-17(11-9-15)27(29)30/h5-11,13H,3-4,12H2,1-2H3,(H,24,25,28). The van der Waals surface area contributed by atoms with E-state index in [1.165, 1.54) is 24.3 Å². The third-order valence-corrected chi connectivity index (χ3v) is 5.04. The first-order valence-electron chi connectivity index (χ1n) is 9.80. The van der Waals surface area contributed by atoms with Crippen molar-refractivity contribution in [3.63, 3.8) is 0 Å². The lowest BCUT2D eigenvalue weighted by Gasteiger charge is -2.04. The number of carbonyl (C=O) groups excluding carboxylic acids is 1. The number of anilines is 1. The highest BCUT2D eigenvalue weighted by Gasteiger charge is 2.17. The van der Waals surface area contributed by atoms with Crippen LogP contribution >= 0.6 is 0 Å². The minimum absolute atomic E-state index is 0.0631. The summed E-state index contributed by atoms with van der Waals surface area (Å²) in [4.78, 5) is 27.9. The molecule has 1 N–H and O–H groups in total. The Bertz CT molecular complexity index is 1260. The first-order chi connectivity index (χ1) is 14.5. The van der Waals surface area contributed by atoms with Crippen LogP contribution in [0.5, 0.6) is 0 Å². The molecule has 4 rings (SSSR count). The maximum absolute atomic E-state index is 12.7. The molecule has 2 aromatic heterocycles. The van der Waals surface area contributed by atoms with Crippen LogP contribution in [0.4, 0.5) is 11.5 Å². The van der Waals surface area contributed by atoms with E-state index in [2.05, 4.69) is 17.3 Å². The Hall–Kier alpha value is -3.81. The lowest BCUT2D eigenvalue weighted by molar-refractivity contribution is -0.384. The summed E-state index contributed by atoms with van der Waals surface area (Å²) in [5.74, 6) is 0.0524. The molecule has 0 saturated heterocycles. The molecule has 4 aromatic rings. The predicted octanol–water partition coefficient (Wildman–Crippen LogP) is 4.85.